The molecule has 0 spiro atoms. The Morgan fingerprint density at radius 3 is 2.56 bits per heavy atom. The van der Waals surface area contributed by atoms with Crippen molar-refractivity contribution in [3.63, 3.8) is 0 Å². The summed E-state index contributed by atoms with van der Waals surface area (Å²) in [7, 11) is 3.91. The molecule has 3 aromatic rings. The Labute approximate surface area is 145 Å². The fraction of sp³-hybridized carbons (Fsp3) is 0.211. The highest BCUT2D eigenvalue weighted by molar-refractivity contribution is 5.94. The van der Waals surface area contributed by atoms with E-state index in [1.54, 1.807) is 30.3 Å². The Morgan fingerprint density at radius 2 is 1.84 bits per heavy atom. The molecule has 0 atom stereocenters. The molecule has 0 aliphatic heterocycles. The molecule has 0 saturated heterocycles. The Kier molecular flexibility index (Phi) is 4.90. The third kappa shape index (κ3) is 3.75. The average Bonchev–Trinajstić information content (AvgIpc) is 2.62. The van der Waals surface area contributed by atoms with Crippen molar-refractivity contribution in [2.45, 2.75) is 0 Å². The fourth-order valence-electron chi connectivity index (χ4n) is 2.52. The summed E-state index contributed by atoms with van der Waals surface area (Å²) in [5, 5.41) is 3.43. The van der Waals surface area contributed by atoms with Crippen LogP contribution in [-0.2, 0) is 0 Å². The zero-order valence-corrected chi connectivity index (χ0v) is 14.3. The molecule has 0 radical (unpaired) electrons. The highest BCUT2D eigenvalue weighted by Crippen LogP contribution is 2.10. The van der Waals surface area contributed by atoms with Crippen LogP contribution in [0.4, 0.5) is 0 Å². The van der Waals surface area contributed by atoms with Crippen LogP contribution in [0.3, 0.4) is 0 Å². The highest BCUT2D eigenvalue weighted by atomic mass is 16.1. The molecule has 0 unspecified atom stereocenters. The number of benzene rings is 2. The minimum Gasteiger partial charge on any atom is -0.351 e. The van der Waals surface area contributed by atoms with E-state index in [1.807, 2.05) is 37.2 Å². The fourth-order valence-corrected chi connectivity index (χ4v) is 2.52. The molecule has 0 fully saturated rings. The van der Waals surface area contributed by atoms with Crippen molar-refractivity contribution < 1.29 is 4.79 Å². The van der Waals surface area contributed by atoms with Gasteiger partial charge in [-0.1, -0.05) is 12.1 Å². The monoisotopic (exact) mass is 336 g/mol. The van der Waals surface area contributed by atoms with Gasteiger partial charge in [-0.25, -0.2) is 4.98 Å². The van der Waals surface area contributed by atoms with Crippen LogP contribution >= 0.6 is 0 Å². The van der Waals surface area contributed by atoms with Crippen molar-refractivity contribution in [3.8, 4) is 5.69 Å². The molecule has 2 aromatic carbocycles. The Morgan fingerprint density at radius 1 is 1.12 bits per heavy atom. The molecule has 1 N–H and O–H groups in total. The van der Waals surface area contributed by atoms with Crippen molar-refractivity contribution in [1.29, 1.82) is 0 Å². The minimum absolute atomic E-state index is 0.127. The third-order valence-electron chi connectivity index (χ3n) is 3.92. The molecule has 3 rings (SSSR count). The molecule has 1 aromatic heterocycles. The standard InChI is InChI=1S/C19H20N4O2/c1-22(2)12-11-20-18(24)14-7-9-15(10-8-14)23-13-21-17-6-4-3-5-16(17)19(23)25/h3-10,13H,11-12H2,1-2H3,(H,20,24). The van der Waals surface area contributed by atoms with E-state index in [1.165, 1.54) is 10.9 Å². The number of hydrogen-bond donors (Lipinski definition) is 1. The first-order valence-electron chi connectivity index (χ1n) is 8.06. The molecule has 0 aliphatic rings. The van der Waals surface area contributed by atoms with Crippen LogP contribution in [0.15, 0.2) is 59.7 Å². The van der Waals surface area contributed by atoms with Gasteiger partial charge in [0.1, 0.15) is 6.33 Å². The van der Waals surface area contributed by atoms with Crippen molar-refractivity contribution in [2.24, 2.45) is 0 Å². The summed E-state index contributed by atoms with van der Waals surface area (Å²) in [6.07, 6.45) is 1.51. The van der Waals surface area contributed by atoms with Crippen LogP contribution in [0.2, 0.25) is 0 Å². The summed E-state index contributed by atoms with van der Waals surface area (Å²) in [4.78, 5) is 31.0. The largest absolute Gasteiger partial charge is 0.351 e. The van der Waals surface area contributed by atoms with Gasteiger partial charge in [0.25, 0.3) is 11.5 Å². The number of para-hydroxylation sites is 1. The van der Waals surface area contributed by atoms with Crippen LogP contribution in [0.25, 0.3) is 16.6 Å². The molecule has 1 heterocycles. The first-order chi connectivity index (χ1) is 12.1. The number of carbonyl (C=O) groups is 1. The summed E-state index contributed by atoms with van der Waals surface area (Å²) >= 11 is 0. The Bertz CT molecular complexity index is 946. The summed E-state index contributed by atoms with van der Waals surface area (Å²) in [5.41, 5.74) is 1.77. The van der Waals surface area contributed by atoms with Gasteiger partial charge in [-0.2, -0.15) is 0 Å². The summed E-state index contributed by atoms with van der Waals surface area (Å²) < 4.78 is 1.48. The SMILES string of the molecule is CN(C)CCNC(=O)c1ccc(-n2cnc3ccccc3c2=O)cc1. The second kappa shape index (κ2) is 7.27. The van der Waals surface area contributed by atoms with E-state index in [0.29, 0.717) is 28.7 Å². The Hall–Kier alpha value is -2.99. The van der Waals surface area contributed by atoms with Crippen molar-refractivity contribution in [2.75, 3.05) is 27.2 Å². The predicted molar refractivity (Wildman–Crippen MR) is 98.2 cm³/mol. The number of nitrogens with one attached hydrogen (secondary N) is 1. The molecule has 6 heteroatoms. The molecule has 1 amide bonds. The average molecular weight is 336 g/mol. The smallest absolute Gasteiger partial charge is 0.265 e. The van der Waals surface area contributed by atoms with Gasteiger partial charge in [-0.15, -0.1) is 0 Å². The quantitative estimate of drug-likeness (QED) is 0.770. The van der Waals surface area contributed by atoms with E-state index in [9.17, 15) is 9.59 Å². The predicted octanol–water partition coefficient (Wildman–Crippen LogP) is 1.68. The van der Waals surface area contributed by atoms with Gasteiger partial charge in [0.2, 0.25) is 0 Å². The highest BCUT2D eigenvalue weighted by Gasteiger charge is 2.08. The van der Waals surface area contributed by atoms with Gasteiger partial charge < -0.3 is 10.2 Å². The number of carbonyl (C=O) groups excluding carboxylic acids is 1. The van der Waals surface area contributed by atoms with E-state index in [-0.39, 0.29) is 11.5 Å². The van der Waals surface area contributed by atoms with Crippen molar-refractivity contribution in [1.82, 2.24) is 19.8 Å². The van der Waals surface area contributed by atoms with Crippen LogP contribution < -0.4 is 10.9 Å². The van der Waals surface area contributed by atoms with Crippen molar-refractivity contribution in [3.05, 3.63) is 70.8 Å². The summed E-state index contributed by atoms with van der Waals surface area (Å²) in [6.45, 7) is 1.36. The normalized spacial score (nSPS) is 11.0. The number of amides is 1. The molecule has 6 nitrogen and oxygen atoms in total. The second-order valence-electron chi connectivity index (χ2n) is 6.04. The van der Waals surface area contributed by atoms with E-state index < -0.39 is 0 Å². The number of hydrogen-bond acceptors (Lipinski definition) is 4. The van der Waals surface area contributed by atoms with Gasteiger partial charge in [0, 0.05) is 18.7 Å². The number of rotatable bonds is 5. The lowest BCUT2D eigenvalue weighted by Gasteiger charge is -2.11. The second-order valence-corrected chi connectivity index (χ2v) is 6.04. The zero-order chi connectivity index (χ0) is 17.8. The summed E-state index contributed by atoms with van der Waals surface area (Å²) in [6, 6.07) is 14.1. The molecule has 128 valence electrons. The van der Waals surface area contributed by atoms with Crippen LogP contribution in [-0.4, -0.2) is 47.5 Å². The zero-order valence-electron chi connectivity index (χ0n) is 14.3. The maximum Gasteiger partial charge on any atom is 0.265 e. The van der Waals surface area contributed by atoms with Crippen molar-refractivity contribution >= 4 is 16.8 Å². The maximum absolute atomic E-state index is 12.6. The third-order valence-corrected chi connectivity index (χ3v) is 3.92. The topological polar surface area (TPSA) is 67.2 Å². The number of likely N-dealkylation sites (N-methyl/N-ethyl adjacent to an activating group) is 1. The molecule has 0 bridgehead atoms. The number of fused-ring (bicyclic) bond motifs is 1. The minimum atomic E-state index is -0.131. The maximum atomic E-state index is 12.6. The van der Waals surface area contributed by atoms with E-state index >= 15 is 0 Å². The van der Waals surface area contributed by atoms with Crippen LogP contribution in [0.1, 0.15) is 10.4 Å². The van der Waals surface area contributed by atoms with E-state index in [2.05, 4.69) is 10.3 Å². The lowest BCUT2D eigenvalue weighted by atomic mass is 10.2. The number of aromatic nitrogens is 2. The molecule has 0 saturated carbocycles. The van der Waals surface area contributed by atoms with Gasteiger partial charge in [0.15, 0.2) is 0 Å². The Balaban J connectivity index is 1.82. The van der Waals surface area contributed by atoms with E-state index in [0.717, 1.165) is 6.54 Å². The number of nitrogens with zero attached hydrogens (tertiary/aromatic N) is 3. The molecule has 0 aliphatic carbocycles. The molecular formula is C19H20N4O2. The first kappa shape index (κ1) is 16.9. The first-order valence-corrected chi connectivity index (χ1v) is 8.06. The summed E-state index contributed by atoms with van der Waals surface area (Å²) in [5.74, 6) is -0.127. The lowest BCUT2D eigenvalue weighted by molar-refractivity contribution is 0.0951. The van der Waals surface area contributed by atoms with Gasteiger partial charge >= 0.3 is 0 Å². The van der Waals surface area contributed by atoms with Gasteiger partial charge in [0.05, 0.1) is 16.6 Å². The van der Waals surface area contributed by atoms with Crippen LogP contribution in [0.5, 0.6) is 0 Å². The van der Waals surface area contributed by atoms with E-state index in [4.69, 9.17) is 0 Å². The van der Waals surface area contributed by atoms with Crippen LogP contribution in [0, 0.1) is 0 Å². The molecular weight excluding hydrogens is 316 g/mol. The van der Waals surface area contributed by atoms with Gasteiger partial charge in [-0.3, -0.25) is 14.2 Å². The lowest BCUT2D eigenvalue weighted by Crippen LogP contribution is -2.31. The van der Waals surface area contributed by atoms with Gasteiger partial charge in [-0.05, 0) is 50.5 Å². The molecule has 25 heavy (non-hydrogen) atoms.